The first-order chi connectivity index (χ1) is 9.65. The monoisotopic (exact) mass is 409 g/mol. The number of aliphatic hydroxyl groups is 1. The Kier molecular flexibility index (Phi) is 10.1. The number of rotatable bonds is 4. The zero-order valence-electron chi connectivity index (χ0n) is 12.2. The third-order valence-corrected chi connectivity index (χ3v) is 4.53. The van der Waals surface area contributed by atoms with Crippen molar-refractivity contribution < 1.29 is 5.11 Å². The zero-order chi connectivity index (χ0) is 14.5. The van der Waals surface area contributed by atoms with E-state index in [1.165, 1.54) is 19.3 Å². The van der Waals surface area contributed by atoms with Crippen LogP contribution in [0.25, 0.3) is 4.85 Å². The number of nitrogens with two attached hydrogens (primary N) is 1. The van der Waals surface area contributed by atoms with Crippen molar-refractivity contribution in [1.82, 2.24) is 5.32 Å². The fraction of sp³-hybridized carbons (Fsp3) is 0.533. The largest absolute Gasteiger partial charge is 0.406 e. The quantitative estimate of drug-likeness (QED) is 0.509. The molecule has 1 aromatic rings. The van der Waals surface area contributed by atoms with E-state index in [9.17, 15) is 5.11 Å². The van der Waals surface area contributed by atoms with Crippen LogP contribution in [0.4, 0.5) is 11.4 Å². The Morgan fingerprint density at radius 1 is 1.32 bits per heavy atom. The number of hydrogen-bond donors (Lipinski definition) is 3. The summed E-state index contributed by atoms with van der Waals surface area (Å²) in [5.74, 6) is 0. The number of nitrogens with zero attached hydrogens (tertiary/aromatic N) is 1. The number of halogens is 3. The first-order valence-corrected chi connectivity index (χ1v) is 7.78. The Morgan fingerprint density at radius 2 is 1.95 bits per heavy atom. The van der Waals surface area contributed by atoms with Gasteiger partial charge >= 0.3 is 0 Å². The van der Waals surface area contributed by atoms with E-state index in [1.54, 1.807) is 6.07 Å². The maximum absolute atomic E-state index is 9.65. The maximum Gasteiger partial charge on any atom is 0.210 e. The number of hydrogen-bond acceptors (Lipinski definition) is 3. The van der Waals surface area contributed by atoms with Gasteiger partial charge in [-0.2, -0.15) is 0 Å². The topological polar surface area (TPSA) is 62.6 Å². The molecule has 1 aliphatic carbocycles. The van der Waals surface area contributed by atoms with Gasteiger partial charge in [0.1, 0.15) is 0 Å². The van der Waals surface area contributed by atoms with Crippen LogP contribution in [0.5, 0.6) is 0 Å². The van der Waals surface area contributed by atoms with Gasteiger partial charge in [-0.1, -0.05) is 35.2 Å². The average Bonchev–Trinajstić information content (AvgIpc) is 2.48. The molecule has 1 aliphatic rings. The Morgan fingerprint density at radius 3 is 2.50 bits per heavy atom. The van der Waals surface area contributed by atoms with Crippen molar-refractivity contribution in [2.24, 2.45) is 0 Å². The predicted octanol–water partition coefficient (Wildman–Crippen LogP) is 4.38. The minimum absolute atomic E-state index is 0. The summed E-state index contributed by atoms with van der Waals surface area (Å²) in [5.41, 5.74) is 7.64. The van der Waals surface area contributed by atoms with Crippen LogP contribution in [0.15, 0.2) is 16.6 Å². The minimum atomic E-state index is -0.143. The van der Waals surface area contributed by atoms with Gasteiger partial charge in [0.25, 0.3) is 0 Å². The van der Waals surface area contributed by atoms with Crippen LogP contribution in [0, 0.1) is 6.57 Å². The lowest BCUT2D eigenvalue weighted by molar-refractivity contribution is 0.220. The summed E-state index contributed by atoms with van der Waals surface area (Å²) in [6.07, 6.45) is 6.10. The number of aliphatic hydroxyl groups excluding tert-OH is 1. The SMILES string of the molecule is Cl.Cl.[C-]#[N+]c1cc(C(CO)NC2CCCCC2)cc(Br)c1N. The normalized spacial score (nSPS) is 16.0. The number of nitrogen functional groups attached to an aromatic ring is 1. The fourth-order valence-corrected chi connectivity index (χ4v) is 3.19. The summed E-state index contributed by atoms with van der Waals surface area (Å²) in [7, 11) is 0. The van der Waals surface area contributed by atoms with Gasteiger partial charge in [-0.25, -0.2) is 4.85 Å². The number of benzene rings is 1. The first kappa shape index (κ1) is 21.5. The highest BCUT2D eigenvalue weighted by molar-refractivity contribution is 9.10. The second kappa shape index (κ2) is 10.3. The van der Waals surface area contributed by atoms with Crippen LogP contribution in [-0.2, 0) is 0 Å². The Labute approximate surface area is 152 Å². The van der Waals surface area contributed by atoms with E-state index < -0.39 is 0 Å². The van der Waals surface area contributed by atoms with Gasteiger partial charge in [0.05, 0.1) is 24.9 Å². The molecule has 1 fully saturated rings. The molecule has 0 spiro atoms. The molecule has 0 radical (unpaired) electrons. The zero-order valence-corrected chi connectivity index (χ0v) is 15.4. The Hall–Kier alpha value is -0.510. The molecule has 1 atom stereocenters. The van der Waals surface area contributed by atoms with Gasteiger partial charge in [-0.15, -0.1) is 24.8 Å². The highest BCUT2D eigenvalue weighted by Crippen LogP contribution is 2.34. The van der Waals surface area contributed by atoms with Gasteiger partial charge in [-0.05, 0) is 30.5 Å². The third-order valence-electron chi connectivity index (χ3n) is 3.88. The lowest BCUT2D eigenvalue weighted by Crippen LogP contribution is -2.36. The summed E-state index contributed by atoms with van der Waals surface area (Å²) in [6.45, 7) is 7.19. The second-order valence-corrected chi connectivity index (χ2v) is 6.14. The Bertz CT molecular complexity index is 516. The summed E-state index contributed by atoms with van der Waals surface area (Å²) >= 11 is 3.38. The molecule has 0 saturated heterocycles. The molecule has 0 amide bonds. The molecule has 0 aromatic heterocycles. The van der Waals surface area contributed by atoms with Gasteiger partial charge < -0.3 is 16.2 Å². The molecule has 22 heavy (non-hydrogen) atoms. The van der Waals surface area contributed by atoms with Gasteiger partial charge in [0, 0.05) is 10.5 Å². The molecule has 4 N–H and O–H groups in total. The number of anilines is 1. The highest BCUT2D eigenvalue weighted by atomic mass is 79.9. The van der Waals surface area contributed by atoms with E-state index in [1.807, 2.05) is 6.07 Å². The molecule has 124 valence electrons. The molecule has 0 heterocycles. The smallest absolute Gasteiger partial charge is 0.210 e. The van der Waals surface area contributed by atoms with E-state index in [2.05, 4.69) is 26.1 Å². The van der Waals surface area contributed by atoms with E-state index in [4.69, 9.17) is 12.3 Å². The standard InChI is InChI=1S/C15H20BrN3O.2ClH/c1-18-13-8-10(7-12(16)15(13)17)14(9-20)19-11-5-3-2-4-6-11;;/h7-8,11,14,19-20H,2-6,9,17H2;2*1H. The third kappa shape index (κ3) is 5.29. The van der Waals surface area contributed by atoms with Crippen molar-refractivity contribution in [3.05, 3.63) is 33.6 Å². The van der Waals surface area contributed by atoms with Crippen LogP contribution in [0.2, 0.25) is 0 Å². The summed E-state index contributed by atoms with van der Waals surface area (Å²) in [6, 6.07) is 3.97. The maximum atomic E-state index is 9.65. The van der Waals surface area contributed by atoms with Crippen molar-refractivity contribution in [3.8, 4) is 0 Å². The molecule has 1 aromatic carbocycles. The molecule has 7 heteroatoms. The van der Waals surface area contributed by atoms with Gasteiger partial charge in [0.15, 0.2) is 0 Å². The summed E-state index contributed by atoms with van der Waals surface area (Å²) < 4.78 is 0.713. The summed E-state index contributed by atoms with van der Waals surface area (Å²) in [4.78, 5) is 3.44. The Balaban J connectivity index is 0.00000220. The van der Waals surface area contributed by atoms with Gasteiger partial charge in [-0.3, -0.25) is 0 Å². The van der Waals surface area contributed by atoms with Crippen molar-refractivity contribution >= 4 is 52.1 Å². The van der Waals surface area contributed by atoms with E-state index >= 15 is 0 Å². The molecule has 0 aliphatic heterocycles. The molecular weight excluding hydrogens is 389 g/mol. The minimum Gasteiger partial charge on any atom is -0.406 e. The fourth-order valence-electron chi connectivity index (χ4n) is 2.73. The van der Waals surface area contributed by atoms with Crippen LogP contribution < -0.4 is 11.1 Å². The van der Waals surface area contributed by atoms with E-state index in [0.29, 0.717) is 21.9 Å². The molecule has 0 bridgehead atoms. The van der Waals surface area contributed by atoms with Gasteiger partial charge in [0.2, 0.25) is 5.69 Å². The van der Waals surface area contributed by atoms with Crippen LogP contribution in [0.3, 0.4) is 0 Å². The van der Waals surface area contributed by atoms with Crippen molar-refractivity contribution in [1.29, 1.82) is 0 Å². The van der Waals surface area contributed by atoms with Crippen molar-refractivity contribution in [2.75, 3.05) is 12.3 Å². The molecular formula is C15H22BrCl2N3O. The highest BCUT2D eigenvalue weighted by Gasteiger charge is 2.20. The predicted molar refractivity (Wildman–Crippen MR) is 99.1 cm³/mol. The lowest BCUT2D eigenvalue weighted by atomic mass is 9.94. The molecule has 1 unspecified atom stereocenters. The second-order valence-electron chi connectivity index (χ2n) is 5.28. The average molecular weight is 411 g/mol. The first-order valence-electron chi connectivity index (χ1n) is 6.99. The molecule has 4 nitrogen and oxygen atoms in total. The van der Waals surface area contributed by atoms with Crippen LogP contribution in [0.1, 0.15) is 43.7 Å². The lowest BCUT2D eigenvalue weighted by Gasteiger charge is -2.28. The van der Waals surface area contributed by atoms with Crippen molar-refractivity contribution in [2.45, 2.75) is 44.2 Å². The van der Waals surface area contributed by atoms with Crippen LogP contribution in [-0.4, -0.2) is 17.8 Å². The van der Waals surface area contributed by atoms with E-state index in [-0.39, 0.29) is 37.5 Å². The van der Waals surface area contributed by atoms with E-state index in [0.717, 1.165) is 18.4 Å². The summed E-state index contributed by atoms with van der Waals surface area (Å²) in [5, 5.41) is 13.2. The van der Waals surface area contributed by atoms with Crippen molar-refractivity contribution in [3.63, 3.8) is 0 Å². The molecule has 1 saturated carbocycles. The van der Waals surface area contributed by atoms with Crippen LogP contribution >= 0.6 is 40.7 Å². The number of nitrogens with one attached hydrogen (secondary N) is 1. The molecule has 2 rings (SSSR count).